The largest absolute Gasteiger partial charge is 0.356 e. The predicted octanol–water partition coefficient (Wildman–Crippen LogP) is 3.12. The van der Waals surface area contributed by atoms with Crippen molar-refractivity contribution in [3.8, 4) is 0 Å². The molecular weight excluding hydrogens is 414 g/mol. The molecular formula is C15H20FIN4S. The number of hydrogen-bond donors (Lipinski definition) is 2. The minimum Gasteiger partial charge on any atom is -0.356 e. The van der Waals surface area contributed by atoms with Crippen LogP contribution >= 0.6 is 35.3 Å². The Hall–Kier alpha value is -1.22. The van der Waals surface area contributed by atoms with Gasteiger partial charge in [0, 0.05) is 24.7 Å². The van der Waals surface area contributed by atoms with Gasteiger partial charge in [-0.2, -0.15) is 0 Å². The molecule has 0 atom stereocenters. The number of benzene rings is 1. The Morgan fingerprint density at radius 3 is 2.73 bits per heavy atom. The van der Waals surface area contributed by atoms with Gasteiger partial charge in [0.15, 0.2) is 5.96 Å². The van der Waals surface area contributed by atoms with Gasteiger partial charge in [0.05, 0.1) is 11.6 Å². The lowest BCUT2D eigenvalue weighted by Crippen LogP contribution is -2.37. The quantitative estimate of drug-likeness (QED) is 0.432. The summed E-state index contributed by atoms with van der Waals surface area (Å²) in [5.74, 6) is 0.541. The van der Waals surface area contributed by atoms with Gasteiger partial charge in [-0.3, -0.25) is 4.99 Å². The minimum atomic E-state index is -0.164. The molecule has 0 aliphatic heterocycles. The van der Waals surface area contributed by atoms with E-state index in [9.17, 15) is 4.39 Å². The Morgan fingerprint density at radius 2 is 2.09 bits per heavy atom. The average Bonchev–Trinajstić information content (AvgIpc) is 2.90. The molecule has 120 valence electrons. The van der Waals surface area contributed by atoms with E-state index in [2.05, 4.69) is 20.6 Å². The van der Waals surface area contributed by atoms with Crippen LogP contribution in [0.1, 0.15) is 15.4 Å². The Bertz CT molecular complexity index is 615. The Kier molecular flexibility index (Phi) is 8.32. The van der Waals surface area contributed by atoms with Crippen molar-refractivity contribution in [2.45, 2.75) is 19.9 Å². The maximum absolute atomic E-state index is 13.5. The number of guanidine groups is 1. The van der Waals surface area contributed by atoms with Crippen LogP contribution in [0, 0.1) is 12.7 Å². The van der Waals surface area contributed by atoms with Crippen molar-refractivity contribution in [1.82, 2.24) is 15.6 Å². The molecule has 1 aromatic carbocycles. The average molecular weight is 434 g/mol. The second kappa shape index (κ2) is 9.73. The number of hydrogen-bond acceptors (Lipinski definition) is 3. The number of nitrogens with zero attached hydrogens (tertiary/aromatic N) is 2. The third kappa shape index (κ3) is 5.88. The van der Waals surface area contributed by atoms with E-state index in [0.29, 0.717) is 31.0 Å². The first-order chi connectivity index (χ1) is 10.2. The Labute approximate surface area is 151 Å². The second-order valence-corrected chi connectivity index (χ2v) is 5.86. The maximum Gasteiger partial charge on any atom is 0.191 e. The number of halogens is 2. The lowest BCUT2D eigenvalue weighted by Gasteiger charge is -2.11. The first-order valence-corrected chi connectivity index (χ1v) is 7.60. The fraction of sp³-hybridized carbons (Fsp3) is 0.333. The van der Waals surface area contributed by atoms with Crippen molar-refractivity contribution in [3.05, 3.63) is 51.7 Å². The number of aryl methyl sites for hydroxylation is 1. The van der Waals surface area contributed by atoms with Gasteiger partial charge in [-0.25, -0.2) is 9.37 Å². The standard InChI is InChI=1S/C15H19FN4S.HI/c1-11-19-9-13(21-11)10-20-15(17-2)18-8-7-12-5-3-4-6-14(12)16;/h3-6,9H,7-8,10H2,1-2H3,(H2,17,18,20);1H. The van der Waals surface area contributed by atoms with E-state index in [-0.39, 0.29) is 29.8 Å². The number of aliphatic imine (C=N–C) groups is 1. The molecule has 2 rings (SSSR count). The topological polar surface area (TPSA) is 49.3 Å². The van der Waals surface area contributed by atoms with Crippen LogP contribution in [0.4, 0.5) is 4.39 Å². The fourth-order valence-electron chi connectivity index (χ4n) is 1.90. The molecule has 0 saturated carbocycles. The summed E-state index contributed by atoms with van der Waals surface area (Å²) in [6, 6.07) is 6.82. The monoisotopic (exact) mass is 434 g/mol. The van der Waals surface area contributed by atoms with E-state index >= 15 is 0 Å². The maximum atomic E-state index is 13.5. The normalized spacial score (nSPS) is 11.0. The summed E-state index contributed by atoms with van der Waals surface area (Å²) < 4.78 is 13.5. The minimum absolute atomic E-state index is 0. The van der Waals surface area contributed by atoms with Gasteiger partial charge in [0.2, 0.25) is 0 Å². The van der Waals surface area contributed by atoms with E-state index in [1.54, 1.807) is 30.5 Å². The van der Waals surface area contributed by atoms with Crippen molar-refractivity contribution in [2.75, 3.05) is 13.6 Å². The van der Waals surface area contributed by atoms with Crippen LogP contribution < -0.4 is 10.6 Å². The summed E-state index contributed by atoms with van der Waals surface area (Å²) in [6.45, 7) is 3.29. The SMILES string of the molecule is CN=C(NCCc1ccccc1F)NCc1cnc(C)s1.I. The summed E-state index contributed by atoms with van der Waals surface area (Å²) in [7, 11) is 1.72. The molecule has 1 aromatic heterocycles. The lowest BCUT2D eigenvalue weighted by molar-refractivity contribution is 0.607. The predicted molar refractivity (Wildman–Crippen MR) is 101 cm³/mol. The fourth-order valence-corrected chi connectivity index (χ4v) is 2.63. The van der Waals surface area contributed by atoms with Gasteiger partial charge in [-0.05, 0) is 25.0 Å². The van der Waals surface area contributed by atoms with Crippen molar-refractivity contribution in [1.29, 1.82) is 0 Å². The van der Waals surface area contributed by atoms with Crippen LogP contribution in [0.3, 0.4) is 0 Å². The number of thiazole rings is 1. The molecule has 1 heterocycles. The summed E-state index contributed by atoms with van der Waals surface area (Å²) in [5, 5.41) is 7.44. The second-order valence-electron chi connectivity index (χ2n) is 4.54. The van der Waals surface area contributed by atoms with Gasteiger partial charge in [0.25, 0.3) is 0 Å². The highest BCUT2D eigenvalue weighted by Gasteiger charge is 2.03. The van der Waals surface area contributed by atoms with Gasteiger partial charge in [0.1, 0.15) is 5.82 Å². The molecule has 0 aliphatic rings. The third-order valence-electron chi connectivity index (χ3n) is 2.97. The van der Waals surface area contributed by atoms with Gasteiger partial charge < -0.3 is 10.6 Å². The number of nitrogens with one attached hydrogen (secondary N) is 2. The van der Waals surface area contributed by atoms with E-state index < -0.39 is 0 Å². The van der Waals surface area contributed by atoms with Crippen LogP contribution in [0.25, 0.3) is 0 Å². The van der Waals surface area contributed by atoms with Crippen LogP contribution in [0.5, 0.6) is 0 Å². The molecule has 0 spiro atoms. The van der Waals surface area contributed by atoms with E-state index in [0.717, 1.165) is 9.88 Å². The van der Waals surface area contributed by atoms with Gasteiger partial charge >= 0.3 is 0 Å². The van der Waals surface area contributed by atoms with Crippen molar-refractivity contribution >= 4 is 41.3 Å². The molecule has 7 heteroatoms. The zero-order valence-electron chi connectivity index (χ0n) is 12.6. The molecule has 22 heavy (non-hydrogen) atoms. The molecule has 0 saturated heterocycles. The highest BCUT2D eigenvalue weighted by Crippen LogP contribution is 2.10. The molecule has 0 fully saturated rings. The summed E-state index contributed by atoms with van der Waals surface area (Å²) >= 11 is 1.66. The molecule has 0 unspecified atom stereocenters. The van der Waals surface area contributed by atoms with Crippen LogP contribution in [-0.4, -0.2) is 24.5 Å². The van der Waals surface area contributed by atoms with Crippen LogP contribution in [0.2, 0.25) is 0 Å². The lowest BCUT2D eigenvalue weighted by atomic mass is 10.1. The molecule has 4 nitrogen and oxygen atoms in total. The summed E-state index contributed by atoms with van der Waals surface area (Å²) in [4.78, 5) is 9.51. The zero-order chi connectivity index (χ0) is 15.1. The molecule has 0 amide bonds. The third-order valence-corrected chi connectivity index (χ3v) is 3.88. The van der Waals surface area contributed by atoms with Gasteiger partial charge in [-0.1, -0.05) is 18.2 Å². The van der Waals surface area contributed by atoms with Crippen molar-refractivity contribution < 1.29 is 4.39 Å². The highest BCUT2D eigenvalue weighted by atomic mass is 127. The van der Waals surface area contributed by atoms with Crippen LogP contribution in [-0.2, 0) is 13.0 Å². The molecule has 0 bridgehead atoms. The summed E-state index contributed by atoms with van der Waals surface area (Å²) in [5.41, 5.74) is 0.707. The van der Waals surface area contributed by atoms with Gasteiger partial charge in [-0.15, -0.1) is 35.3 Å². The Morgan fingerprint density at radius 1 is 1.32 bits per heavy atom. The first kappa shape index (κ1) is 18.8. The van der Waals surface area contributed by atoms with E-state index in [1.807, 2.05) is 19.2 Å². The first-order valence-electron chi connectivity index (χ1n) is 6.78. The molecule has 0 radical (unpaired) electrons. The van der Waals surface area contributed by atoms with Crippen molar-refractivity contribution in [3.63, 3.8) is 0 Å². The van der Waals surface area contributed by atoms with Crippen LogP contribution in [0.15, 0.2) is 35.5 Å². The Balaban J connectivity index is 0.00000242. The van der Waals surface area contributed by atoms with Crippen molar-refractivity contribution in [2.24, 2.45) is 4.99 Å². The zero-order valence-corrected chi connectivity index (χ0v) is 15.7. The highest BCUT2D eigenvalue weighted by molar-refractivity contribution is 14.0. The molecule has 2 N–H and O–H groups in total. The van der Waals surface area contributed by atoms with E-state index in [4.69, 9.17) is 0 Å². The summed E-state index contributed by atoms with van der Waals surface area (Å²) in [6.07, 6.45) is 2.48. The smallest absolute Gasteiger partial charge is 0.191 e. The number of rotatable bonds is 5. The molecule has 2 aromatic rings. The molecule has 0 aliphatic carbocycles. The van der Waals surface area contributed by atoms with E-state index in [1.165, 1.54) is 6.07 Å². The number of aromatic nitrogens is 1.